The first-order chi connectivity index (χ1) is 13.2. The van der Waals surface area contributed by atoms with Crippen molar-refractivity contribution in [1.29, 1.82) is 0 Å². The molecule has 1 aromatic heterocycles. The van der Waals surface area contributed by atoms with Crippen molar-refractivity contribution in [3.05, 3.63) is 71.4 Å². The Morgan fingerprint density at radius 1 is 1.15 bits per heavy atom. The van der Waals surface area contributed by atoms with Crippen molar-refractivity contribution >= 4 is 16.9 Å². The molecule has 0 atom stereocenters. The highest BCUT2D eigenvalue weighted by Crippen LogP contribution is 2.27. The van der Waals surface area contributed by atoms with Gasteiger partial charge in [0.05, 0.1) is 0 Å². The van der Waals surface area contributed by atoms with E-state index in [1.54, 1.807) is 6.07 Å². The van der Waals surface area contributed by atoms with Crippen LogP contribution in [0.5, 0.6) is 5.75 Å². The van der Waals surface area contributed by atoms with E-state index in [0.717, 1.165) is 30.2 Å². The lowest BCUT2D eigenvalue weighted by Gasteiger charge is -2.10. The number of carbonyl (C=O) groups is 1. The number of aromatic nitrogens is 1. The molecule has 4 heteroatoms. The van der Waals surface area contributed by atoms with Gasteiger partial charge in [-0.25, -0.2) is 9.78 Å². The Labute approximate surface area is 158 Å². The van der Waals surface area contributed by atoms with E-state index in [2.05, 4.69) is 23.7 Å². The van der Waals surface area contributed by atoms with Gasteiger partial charge in [-0.3, -0.25) is 0 Å². The molecule has 27 heavy (non-hydrogen) atoms. The molecule has 3 rings (SSSR count). The number of nitrogens with zero attached hydrogens (tertiary/aromatic N) is 1. The van der Waals surface area contributed by atoms with Crippen LogP contribution in [0.3, 0.4) is 0 Å². The Hall–Kier alpha value is -3.32. The lowest BCUT2D eigenvalue weighted by Crippen LogP contribution is -2.03. The molecular weight excluding hydrogens is 338 g/mol. The van der Waals surface area contributed by atoms with Gasteiger partial charge in [0, 0.05) is 17.4 Å². The molecule has 0 amide bonds. The number of aromatic carboxylic acids is 1. The number of hydrogen-bond acceptors (Lipinski definition) is 3. The minimum atomic E-state index is -1.08. The van der Waals surface area contributed by atoms with Crippen LogP contribution in [0.4, 0.5) is 0 Å². The average Bonchev–Trinajstić information content (AvgIpc) is 2.70. The maximum Gasteiger partial charge on any atom is 0.354 e. The quantitative estimate of drug-likeness (QED) is 0.494. The van der Waals surface area contributed by atoms with Crippen LogP contribution >= 0.6 is 0 Å². The molecule has 0 radical (unpaired) electrons. The van der Waals surface area contributed by atoms with E-state index in [9.17, 15) is 9.90 Å². The van der Waals surface area contributed by atoms with Gasteiger partial charge in [-0.15, -0.1) is 0 Å². The number of pyridine rings is 1. The smallest absolute Gasteiger partial charge is 0.354 e. The Bertz CT molecular complexity index is 1000. The number of para-hydroxylation sites is 1. The van der Waals surface area contributed by atoms with E-state index in [1.165, 1.54) is 6.07 Å². The largest absolute Gasteiger partial charge is 0.487 e. The lowest BCUT2D eigenvalue weighted by molar-refractivity contribution is 0.0691. The van der Waals surface area contributed by atoms with Gasteiger partial charge in [-0.05, 0) is 24.1 Å². The highest BCUT2D eigenvalue weighted by atomic mass is 16.5. The van der Waals surface area contributed by atoms with E-state index >= 15 is 0 Å². The van der Waals surface area contributed by atoms with Crippen LogP contribution in [0, 0.1) is 11.8 Å². The van der Waals surface area contributed by atoms with E-state index in [-0.39, 0.29) is 5.69 Å². The summed E-state index contributed by atoms with van der Waals surface area (Å²) in [6, 6.07) is 16.9. The number of hydrogen-bond donors (Lipinski definition) is 1. The SMILES string of the molecule is CCCCC#Cc1cc(C(=O)O)nc2c(OCc3ccccc3)cccc12. The molecule has 1 heterocycles. The van der Waals surface area contributed by atoms with Crippen LogP contribution in [-0.4, -0.2) is 16.1 Å². The third-order valence-corrected chi connectivity index (χ3v) is 4.14. The summed E-state index contributed by atoms with van der Waals surface area (Å²) >= 11 is 0. The van der Waals surface area contributed by atoms with Gasteiger partial charge in [0.25, 0.3) is 0 Å². The topological polar surface area (TPSA) is 59.4 Å². The first-order valence-electron chi connectivity index (χ1n) is 9.01. The number of carboxylic acid groups (broad SMARTS) is 1. The standard InChI is InChI=1S/C23H21NO3/c1-2-3-4-8-12-18-15-20(23(25)26)24-22-19(18)13-9-14-21(22)27-16-17-10-6-5-7-11-17/h5-7,9-11,13-15H,2-4,16H2,1H3,(H,25,26). The monoisotopic (exact) mass is 359 g/mol. The zero-order valence-corrected chi connectivity index (χ0v) is 15.2. The summed E-state index contributed by atoms with van der Waals surface area (Å²) < 4.78 is 5.93. The summed E-state index contributed by atoms with van der Waals surface area (Å²) in [6.45, 7) is 2.50. The second-order valence-corrected chi connectivity index (χ2v) is 6.19. The molecule has 0 aliphatic heterocycles. The number of unbranched alkanes of at least 4 members (excludes halogenated alkanes) is 2. The van der Waals surface area contributed by atoms with Crippen LogP contribution in [-0.2, 0) is 6.61 Å². The highest BCUT2D eigenvalue weighted by Gasteiger charge is 2.13. The van der Waals surface area contributed by atoms with Gasteiger partial charge in [0.1, 0.15) is 23.6 Å². The summed E-state index contributed by atoms with van der Waals surface area (Å²) in [6.07, 6.45) is 2.88. The summed E-state index contributed by atoms with van der Waals surface area (Å²) in [7, 11) is 0. The first kappa shape index (κ1) is 18.5. The zero-order valence-electron chi connectivity index (χ0n) is 15.2. The summed E-state index contributed by atoms with van der Waals surface area (Å²) in [5.74, 6) is 5.71. The Morgan fingerprint density at radius 2 is 1.96 bits per heavy atom. The van der Waals surface area contributed by atoms with Crippen molar-refractivity contribution in [2.45, 2.75) is 32.8 Å². The van der Waals surface area contributed by atoms with Crippen LogP contribution in [0.2, 0.25) is 0 Å². The molecule has 0 saturated carbocycles. The minimum Gasteiger partial charge on any atom is -0.487 e. The van der Waals surface area contributed by atoms with Gasteiger partial charge in [-0.1, -0.05) is 67.6 Å². The molecule has 0 unspecified atom stereocenters. The first-order valence-corrected chi connectivity index (χ1v) is 9.01. The molecule has 3 aromatic rings. The fourth-order valence-electron chi connectivity index (χ4n) is 2.71. The number of rotatable bonds is 6. The normalized spacial score (nSPS) is 10.3. The molecule has 0 bridgehead atoms. The minimum absolute atomic E-state index is 0.0296. The van der Waals surface area contributed by atoms with Crippen molar-refractivity contribution < 1.29 is 14.6 Å². The van der Waals surface area contributed by atoms with Crippen LogP contribution in [0.25, 0.3) is 10.9 Å². The van der Waals surface area contributed by atoms with Crippen molar-refractivity contribution in [2.75, 3.05) is 0 Å². The van der Waals surface area contributed by atoms with Crippen molar-refractivity contribution in [2.24, 2.45) is 0 Å². The lowest BCUT2D eigenvalue weighted by atomic mass is 10.1. The summed E-state index contributed by atoms with van der Waals surface area (Å²) in [4.78, 5) is 15.8. The average molecular weight is 359 g/mol. The fraction of sp³-hybridized carbons (Fsp3) is 0.217. The molecule has 4 nitrogen and oxygen atoms in total. The van der Waals surface area contributed by atoms with Crippen molar-refractivity contribution in [1.82, 2.24) is 4.98 Å². The third-order valence-electron chi connectivity index (χ3n) is 4.14. The van der Waals surface area contributed by atoms with E-state index in [0.29, 0.717) is 23.4 Å². The maximum atomic E-state index is 11.5. The fourth-order valence-corrected chi connectivity index (χ4v) is 2.71. The maximum absolute atomic E-state index is 11.5. The van der Waals surface area contributed by atoms with Gasteiger partial charge in [0.2, 0.25) is 0 Å². The second-order valence-electron chi connectivity index (χ2n) is 6.19. The number of carboxylic acids is 1. The number of fused-ring (bicyclic) bond motifs is 1. The van der Waals surface area contributed by atoms with E-state index in [1.807, 2.05) is 42.5 Å². The highest BCUT2D eigenvalue weighted by molar-refractivity contribution is 5.95. The Balaban J connectivity index is 2.00. The van der Waals surface area contributed by atoms with Gasteiger partial charge in [0.15, 0.2) is 0 Å². The predicted molar refractivity (Wildman–Crippen MR) is 106 cm³/mol. The van der Waals surface area contributed by atoms with Gasteiger partial charge < -0.3 is 9.84 Å². The third kappa shape index (κ3) is 4.65. The number of ether oxygens (including phenoxy) is 1. The van der Waals surface area contributed by atoms with Gasteiger partial charge >= 0.3 is 5.97 Å². The summed E-state index contributed by atoms with van der Waals surface area (Å²) in [5.41, 5.74) is 2.19. The summed E-state index contributed by atoms with van der Waals surface area (Å²) in [5, 5.41) is 10.2. The molecule has 0 aliphatic carbocycles. The molecule has 0 spiro atoms. The van der Waals surface area contributed by atoms with Crippen LogP contribution in [0.15, 0.2) is 54.6 Å². The second kappa shape index (κ2) is 8.86. The van der Waals surface area contributed by atoms with Crippen molar-refractivity contribution in [3.8, 4) is 17.6 Å². The van der Waals surface area contributed by atoms with Crippen LogP contribution < -0.4 is 4.74 Å². The molecule has 0 fully saturated rings. The molecule has 1 N–H and O–H groups in total. The predicted octanol–water partition coefficient (Wildman–Crippen LogP) is 5.05. The molecule has 136 valence electrons. The van der Waals surface area contributed by atoms with E-state index < -0.39 is 5.97 Å². The molecule has 2 aromatic carbocycles. The van der Waals surface area contributed by atoms with Gasteiger partial charge in [-0.2, -0.15) is 0 Å². The zero-order chi connectivity index (χ0) is 19.1. The van der Waals surface area contributed by atoms with Crippen molar-refractivity contribution in [3.63, 3.8) is 0 Å². The van der Waals surface area contributed by atoms with Crippen LogP contribution in [0.1, 0.15) is 47.8 Å². The number of benzene rings is 2. The Kier molecular flexibility index (Phi) is 6.06. The molecular formula is C23H21NO3. The molecule has 0 aliphatic rings. The van der Waals surface area contributed by atoms with E-state index in [4.69, 9.17) is 4.74 Å². The molecule has 0 saturated heterocycles. The Morgan fingerprint density at radius 3 is 2.70 bits per heavy atom.